The van der Waals surface area contributed by atoms with Gasteiger partial charge in [0.2, 0.25) is 0 Å². The molecule has 0 saturated carbocycles. The molecule has 4 aromatic rings. The largest absolute Gasteiger partial charge is 0.467 e. The number of amides is 1. The second-order valence-electron chi connectivity index (χ2n) is 8.16. The maximum absolute atomic E-state index is 13.8. The summed E-state index contributed by atoms with van der Waals surface area (Å²) in [6, 6.07) is 8.44. The van der Waals surface area contributed by atoms with Crippen LogP contribution >= 0.6 is 0 Å². The molecule has 11 heteroatoms. The second-order valence-corrected chi connectivity index (χ2v) is 8.16. The number of furan rings is 1. The third-order valence-corrected chi connectivity index (χ3v) is 5.85. The van der Waals surface area contributed by atoms with Crippen molar-refractivity contribution >= 4 is 17.4 Å². The van der Waals surface area contributed by atoms with Gasteiger partial charge >= 0.3 is 6.18 Å². The molecular weight excluding hydrogens is 449 g/mol. The molecule has 1 aliphatic rings. The van der Waals surface area contributed by atoms with Crippen molar-refractivity contribution in [2.75, 3.05) is 10.6 Å². The number of anilines is 2. The van der Waals surface area contributed by atoms with E-state index in [2.05, 4.69) is 20.8 Å². The highest BCUT2D eigenvalue weighted by Gasteiger charge is 2.47. The van der Waals surface area contributed by atoms with Gasteiger partial charge in [0.25, 0.3) is 5.91 Å². The number of halogens is 3. The first-order valence-electron chi connectivity index (χ1n) is 10.6. The SMILES string of the molecule is Cc1ccccc1Cn1cc(NC(=O)c2cnn3c2N[C@H](c2ccco2)C[C@@H]3C(F)(F)F)cn1. The lowest BCUT2D eigenvalue weighted by molar-refractivity contribution is -0.174. The molecule has 0 spiro atoms. The predicted octanol–water partition coefficient (Wildman–Crippen LogP) is 4.94. The van der Waals surface area contributed by atoms with Crippen LogP contribution in [0.3, 0.4) is 0 Å². The van der Waals surface area contributed by atoms with E-state index < -0.39 is 24.2 Å². The standard InChI is InChI=1S/C23H21F3N6O2/c1-14-5-2-3-6-15(14)12-31-13-16(10-27-31)29-22(33)17-11-28-32-20(23(24,25)26)9-18(30-21(17)32)19-7-4-8-34-19/h2-8,10-11,13,18,20,30H,9,12H2,1H3,(H,29,33)/t18-,20+/m0/s1. The summed E-state index contributed by atoms with van der Waals surface area (Å²) in [5.74, 6) is -0.254. The average Bonchev–Trinajstić information content (AvgIpc) is 3.55. The number of nitrogens with zero attached hydrogens (tertiary/aromatic N) is 4. The maximum Gasteiger partial charge on any atom is 0.410 e. The molecule has 5 rings (SSSR count). The monoisotopic (exact) mass is 470 g/mol. The minimum absolute atomic E-state index is 0.00263. The van der Waals surface area contributed by atoms with E-state index in [1.165, 1.54) is 12.5 Å². The smallest absolute Gasteiger partial charge is 0.410 e. The van der Waals surface area contributed by atoms with Crippen molar-refractivity contribution in [3.63, 3.8) is 0 Å². The first-order chi connectivity index (χ1) is 16.3. The number of aryl methyl sites for hydroxylation is 1. The van der Waals surface area contributed by atoms with Crippen LogP contribution in [-0.2, 0) is 6.54 Å². The van der Waals surface area contributed by atoms with Crippen LogP contribution in [0.25, 0.3) is 0 Å². The number of benzene rings is 1. The van der Waals surface area contributed by atoms with E-state index in [4.69, 9.17) is 4.42 Å². The summed E-state index contributed by atoms with van der Waals surface area (Å²) < 4.78 is 49.1. The van der Waals surface area contributed by atoms with Gasteiger partial charge in [0.1, 0.15) is 17.1 Å². The van der Waals surface area contributed by atoms with E-state index in [1.54, 1.807) is 23.0 Å². The van der Waals surface area contributed by atoms with Crippen LogP contribution in [0.15, 0.2) is 65.7 Å². The number of hydrogen-bond donors (Lipinski definition) is 2. The summed E-state index contributed by atoms with van der Waals surface area (Å²) >= 11 is 0. The van der Waals surface area contributed by atoms with Gasteiger partial charge in [-0.3, -0.25) is 9.48 Å². The van der Waals surface area contributed by atoms with E-state index in [9.17, 15) is 18.0 Å². The number of alkyl halides is 3. The first-order valence-corrected chi connectivity index (χ1v) is 10.6. The summed E-state index contributed by atoms with van der Waals surface area (Å²) in [4.78, 5) is 13.0. The van der Waals surface area contributed by atoms with Crippen molar-refractivity contribution < 1.29 is 22.4 Å². The Kier molecular flexibility index (Phi) is 5.39. The molecule has 0 fully saturated rings. The fraction of sp³-hybridized carbons (Fsp3) is 0.261. The summed E-state index contributed by atoms with van der Waals surface area (Å²) in [6.45, 7) is 2.52. The van der Waals surface area contributed by atoms with Crippen LogP contribution in [0.1, 0.15) is 45.7 Å². The summed E-state index contributed by atoms with van der Waals surface area (Å²) in [5.41, 5.74) is 2.62. The molecule has 2 atom stereocenters. The minimum Gasteiger partial charge on any atom is -0.467 e. The van der Waals surface area contributed by atoms with Crippen molar-refractivity contribution in [2.24, 2.45) is 0 Å². The minimum atomic E-state index is -4.54. The number of carbonyl (C=O) groups is 1. The molecule has 176 valence electrons. The Bertz CT molecular complexity index is 1310. The Balaban J connectivity index is 1.37. The zero-order valence-corrected chi connectivity index (χ0v) is 18.1. The number of hydrogen-bond acceptors (Lipinski definition) is 5. The lowest BCUT2D eigenvalue weighted by atomic mass is 10.0. The third-order valence-electron chi connectivity index (χ3n) is 5.85. The normalized spacial score (nSPS) is 17.8. The molecule has 0 bridgehead atoms. The van der Waals surface area contributed by atoms with Crippen molar-refractivity contribution in [1.29, 1.82) is 0 Å². The summed E-state index contributed by atoms with van der Waals surface area (Å²) in [7, 11) is 0. The number of fused-ring (bicyclic) bond motifs is 1. The average molecular weight is 470 g/mol. The number of nitrogens with one attached hydrogen (secondary N) is 2. The highest BCUT2D eigenvalue weighted by molar-refractivity contribution is 6.07. The Morgan fingerprint density at radius 1 is 1.21 bits per heavy atom. The predicted molar refractivity (Wildman–Crippen MR) is 117 cm³/mol. The molecule has 3 aromatic heterocycles. The van der Waals surface area contributed by atoms with E-state index in [0.29, 0.717) is 18.0 Å². The van der Waals surface area contributed by atoms with E-state index in [0.717, 1.165) is 22.0 Å². The van der Waals surface area contributed by atoms with E-state index in [-0.39, 0.29) is 17.8 Å². The van der Waals surface area contributed by atoms with Gasteiger partial charge in [-0.05, 0) is 30.2 Å². The fourth-order valence-electron chi connectivity index (χ4n) is 4.08. The van der Waals surface area contributed by atoms with Crippen LogP contribution in [0.5, 0.6) is 0 Å². The van der Waals surface area contributed by atoms with Crippen LogP contribution in [0.4, 0.5) is 24.7 Å². The first kappa shape index (κ1) is 21.8. The Hall–Kier alpha value is -4.02. The molecule has 34 heavy (non-hydrogen) atoms. The lowest BCUT2D eigenvalue weighted by Gasteiger charge is -2.32. The second kappa shape index (κ2) is 8.40. The van der Waals surface area contributed by atoms with Gasteiger partial charge < -0.3 is 15.1 Å². The van der Waals surface area contributed by atoms with Crippen LogP contribution in [0, 0.1) is 6.92 Å². The molecule has 1 aromatic carbocycles. The molecule has 1 amide bonds. The molecule has 8 nitrogen and oxygen atoms in total. The van der Waals surface area contributed by atoms with Crippen molar-refractivity contribution in [1.82, 2.24) is 19.6 Å². The molecule has 4 heterocycles. The molecule has 0 unspecified atom stereocenters. The van der Waals surface area contributed by atoms with Gasteiger partial charge in [-0.1, -0.05) is 24.3 Å². The van der Waals surface area contributed by atoms with Crippen LogP contribution in [0.2, 0.25) is 0 Å². The zero-order valence-electron chi connectivity index (χ0n) is 18.1. The van der Waals surface area contributed by atoms with Crippen LogP contribution < -0.4 is 10.6 Å². The quantitative estimate of drug-likeness (QED) is 0.431. The fourth-order valence-corrected chi connectivity index (χ4v) is 4.08. The maximum atomic E-state index is 13.8. The van der Waals surface area contributed by atoms with Crippen LogP contribution in [-0.4, -0.2) is 31.6 Å². The summed E-state index contributed by atoms with van der Waals surface area (Å²) in [6.07, 6.45) is 0.838. The van der Waals surface area contributed by atoms with E-state index in [1.807, 2.05) is 31.2 Å². The van der Waals surface area contributed by atoms with Gasteiger partial charge in [0, 0.05) is 12.6 Å². The van der Waals surface area contributed by atoms with Gasteiger partial charge in [-0.25, -0.2) is 4.68 Å². The van der Waals surface area contributed by atoms with Crippen molar-refractivity contribution in [3.8, 4) is 0 Å². The van der Waals surface area contributed by atoms with Crippen molar-refractivity contribution in [3.05, 3.63) is 83.7 Å². The number of rotatable bonds is 5. The van der Waals surface area contributed by atoms with Gasteiger partial charge in [-0.2, -0.15) is 23.4 Å². The Morgan fingerprint density at radius 3 is 2.76 bits per heavy atom. The highest BCUT2D eigenvalue weighted by atomic mass is 19.4. The van der Waals surface area contributed by atoms with Crippen molar-refractivity contribution in [2.45, 2.75) is 38.1 Å². The Labute approximate surface area is 192 Å². The molecular formula is C23H21F3N6O2. The molecule has 1 aliphatic heterocycles. The molecule has 0 radical (unpaired) electrons. The highest BCUT2D eigenvalue weighted by Crippen LogP contribution is 2.44. The van der Waals surface area contributed by atoms with Gasteiger partial charge in [0.05, 0.1) is 36.9 Å². The molecule has 2 N–H and O–H groups in total. The molecule has 0 aliphatic carbocycles. The summed E-state index contributed by atoms with van der Waals surface area (Å²) in [5, 5.41) is 13.8. The lowest BCUT2D eigenvalue weighted by Crippen LogP contribution is -2.36. The van der Waals surface area contributed by atoms with Gasteiger partial charge in [-0.15, -0.1) is 0 Å². The third kappa shape index (κ3) is 4.16. The zero-order chi connectivity index (χ0) is 23.9. The number of aromatic nitrogens is 4. The molecule has 0 saturated heterocycles. The Morgan fingerprint density at radius 2 is 2.03 bits per heavy atom. The van der Waals surface area contributed by atoms with E-state index >= 15 is 0 Å². The number of carbonyl (C=O) groups excluding carboxylic acids is 1. The topological polar surface area (TPSA) is 89.9 Å². The van der Waals surface area contributed by atoms with Gasteiger partial charge in [0.15, 0.2) is 6.04 Å².